The minimum atomic E-state index is 0.675. The summed E-state index contributed by atoms with van der Waals surface area (Å²) in [5.74, 6) is 0.844. The number of aliphatic imine (C=N–C) groups is 1. The van der Waals surface area contributed by atoms with Gasteiger partial charge in [0.25, 0.3) is 0 Å². The van der Waals surface area contributed by atoms with Crippen molar-refractivity contribution in [3.05, 3.63) is 83.7 Å². The Morgan fingerprint density at radius 1 is 1.04 bits per heavy atom. The molecule has 0 aliphatic rings. The van der Waals surface area contributed by atoms with Gasteiger partial charge in [-0.1, -0.05) is 42.5 Å². The van der Waals surface area contributed by atoms with Gasteiger partial charge < -0.3 is 10.6 Å². The van der Waals surface area contributed by atoms with Gasteiger partial charge in [0.2, 0.25) is 0 Å². The molecule has 1 aromatic heterocycles. The Morgan fingerprint density at radius 3 is 2.59 bits per heavy atom. The third-order valence-corrected chi connectivity index (χ3v) is 4.38. The molecular formula is C22H27N5. The Balaban J connectivity index is 1.55. The molecule has 1 heterocycles. The molecule has 0 amide bonds. The van der Waals surface area contributed by atoms with E-state index in [9.17, 15) is 0 Å². The highest BCUT2D eigenvalue weighted by Gasteiger charge is 2.03. The summed E-state index contributed by atoms with van der Waals surface area (Å²) in [5.41, 5.74) is 4.79. The van der Waals surface area contributed by atoms with E-state index in [4.69, 9.17) is 4.99 Å². The molecule has 3 rings (SSSR count). The summed E-state index contributed by atoms with van der Waals surface area (Å²) in [5, 5.41) is 11.2. The lowest BCUT2D eigenvalue weighted by atomic mass is 10.1. The molecule has 0 saturated heterocycles. The number of benzene rings is 2. The predicted molar refractivity (Wildman–Crippen MR) is 111 cm³/mol. The molecule has 0 aliphatic heterocycles. The molecule has 27 heavy (non-hydrogen) atoms. The van der Waals surface area contributed by atoms with Crippen LogP contribution in [0.5, 0.6) is 0 Å². The predicted octanol–water partition coefficient (Wildman–Crippen LogP) is 3.48. The smallest absolute Gasteiger partial charge is 0.191 e. The largest absolute Gasteiger partial charge is 0.357 e. The van der Waals surface area contributed by atoms with Crippen LogP contribution in [-0.2, 0) is 13.0 Å². The molecule has 5 heteroatoms. The molecule has 0 unspecified atom stereocenters. The number of nitrogens with one attached hydrogen (secondary N) is 2. The van der Waals surface area contributed by atoms with Crippen LogP contribution in [0.1, 0.15) is 23.6 Å². The summed E-state index contributed by atoms with van der Waals surface area (Å²) in [6.45, 7) is 6.52. The van der Waals surface area contributed by atoms with Crippen molar-refractivity contribution in [1.29, 1.82) is 0 Å². The second kappa shape index (κ2) is 9.57. The Morgan fingerprint density at radius 2 is 1.81 bits per heavy atom. The third kappa shape index (κ3) is 5.45. The molecule has 2 aromatic carbocycles. The highest BCUT2D eigenvalue weighted by atomic mass is 15.3. The standard InChI is InChI=1S/C22H27N5/c1-3-23-22(25-16-20-10-8-7-9-18(20)2)24-14-13-19-15-26-27(17-19)21-11-5-4-6-12-21/h4-12,15,17H,3,13-14,16H2,1-2H3,(H2,23,24,25). The third-order valence-electron chi connectivity index (χ3n) is 4.38. The first-order valence-corrected chi connectivity index (χ1v) is 9.42. The summed E-state index contributed by atoms with van der Waals surface area (Å²) in [4.78, 5) is 4.70. The summed E-state index contributed by atoms with van der Waals surface area (Å²) >= 11 is 0. The van der Waals surface area contributed by atoms with Gasteiger partial charge in [-0.15, -0.1) is 0 Å². The Bertz CT molecular complexity index is 867. The van der Waals surface area contributed by atoms with Crippen molar-refractivity contribution in [2.24, 2.45) is 4.99 Å². The molecule has 0 radical (unpaired) electrons. The Hall–Kier alpha value is -3.08. The average Bonchev–Trinajstić information content (AvgIpc) is 3.17. The molecule has 3 aromatic rings. The molecule has 0 atom stereocenters. The van der Waals surface area contributed by atoms with Crippen LogP contribution in [-0.4, -0.2) is 28.8 Å². The van der Waals surface area contributed by atoms with Crippen LogP contribution in [0, 0.1) is 6.92 Å². The highest BCUT2D eigenvalue weighted by molar-refractivity contribution is 5.79. The molecule has 140 valence electrons. The molecular weight excluding hydrogens is 334 g/mol. The number of hydrogen-bond acceptors (Lipinski definition) is 2. The minimum absolute atomic E-state index is 0.675. The highest BCUT2D eigenvalue weighted by Crippen LogP contribution is 2.09. The van der Waals surface area contributed by atoms with Crippen molar-refractivity contribution in [2.45, 2.75) is 26.8 Å². The summed E-state index contributed by atoms with van der Waals surface area (Å²) < 4.78 is 1.91. The first-order chi connectivity index (χ1) is 13.3. The van der Waals surface area contributed by atoms with Crippen LogP contribution in [0.4, 0.5) is 0 Å². The second-order valence-corrected chi connectivity index (χ2v) is 6.43. The molecule has 0 saturated carbocycles. The lowest BCUT2D eigenvalue weighted by Gasteiger charge is -2.11. The van der Waals surface area contributed by atoms with Gasteiger partial charge in [-0.25, -0.2) is 9.67 Å². The SMILES string of the molecule is CCNC(=NCc1ccccc1C)NCCc1cnn(-c2ccccc2)c1. The van der Waals surface area contributed by atoms with Crippen molar-refractivity contribution in [1.82, 2.24) is 20.4 Å². The fourth-order valence-corrected chi connectivity index (χ4v) is 2.83. The number of aryl methyl sites for hydroxylation is 1. The van der Waals surface area contributed by atoms with Gasteiger partial charge in [-0.2, -0.15) is 5.10 Å². The van der Waals surface area contributed by atoms with E-state index >= 15 is 0 Å². The normalized spacial score (nSPS) is 11.4. The first-order valence-electron chi connectivity index (χ1n) is 9.42. The van der Waals surface area contributed by atoms with Gasteiger partial charge in [0.15, 0.2) is 5.96 Å². The number of para-hydroxylation sites is 1. The number of rotatable bonds is 7. The number of aromatic nitrogens is 2. The fourth-order valence-electron chi connectivity index (χ4n) is 2.83. The van der Waals surface area contributed by atoms with E-state index in [2.05, 4.69) is 72.2 Å². The van der Waals surface area contributed by atoms with E-state index in [0.29, 0.717) is 6.54 Å². The zero-order chi connectivity index (χ0) is 18.9. The van der Waals surface area contributed by atoms with Gasteiger partial charge >= 0.3 is 0 Å². The first kappa shape index (κ1) is 18.7. The maximum Gasteiger partial charge on any atom is 0.191 e. The topological polar surface area (TPSA) is 54.2 Å². The summed E-state index contributed by atoms with van der Waals surface area (Å²) in [6, 6.07) is 18.5. The van der Waals surface area contributed by atoms with Crippen LogP contribution < -0.4 is 10.6 Å². The summed E-state index contributed by atoms with van der Waals surface area (Å²) in [6.07, 6.45) is 4.89. The molecule has 0 spiro atoms. The molecule has 0 fully saturated rings. The molecule has 2 N–H and O–H groups in total. The number of hydrogen-bond donors (Lipinski definition) is 2. The van der Waals surface area contributed by atoms with Crippen LogP contribution in [0.25, 0.3) is 5.69 Å². The quantitative estimate of drug-likeness (QED) is 0.500. The van der Waals surface area contributed by atoms with Gasteiger partial charge in [-0.05, 0) is 49.1 Å². The number of nitrogens with zero attached hydrogens (tertiary/aromatic N) is 3. The van der Waals surface area contributed by atoms with Gasteiger partial charge in [0, 0.05) is 19.3 Å². The van der Waals surface area contributed by atoms with Crippen molar-refractivity contribution in [3.63, 3.8) is 0 Å². The average molecular weight is 361 g/mol. The lowest BCUT2D eigenvalue weighted by molar-refractivity contribution is 0.798. The van der Waals surface area contributed by atoms with E-state index in [0.717, 1.165) is 31.2 Å². The monoisotopic (exact) mass is 361 g/mol. The Labute approximate surface area is 161 Å². The lowest BCUT2D eigenvalue weighted by Crippen LogP contribution is -2.38. The van der Waals surface area contributed by atoms with Gasteiger partial charge in [0.05, 0.1) is 18.4 Å². The summed E-state index contributed by atoms with van der Waals surface area (Å²) in [7, 11) is 0. The van der Waals surface area contributed by atoms with Crippen molar-refractivity contribution < 1.29 is 0 Å². The minimum Gasteiger partial charge on any atom is -0.357 e. The van der Waals surface area contributed by atoms with Crippen LogP contribution in [0.2, 0.25) is 0 Å². The van der Waals surface area contributed by atoms with Crippen molar-refractivity contribution >= 4 is 5.96 Å². The van der Waals surface area contributed by atoms with Gasteiger partial charge in [-0.3, -0.25) is 0 Å². The van der Waals surface area contributed by atoms with E-state index in [1.807, 2.05) is 29.1 Å². The zero-order valence-corrected chi connectivity index (χ0v) is 16.0. The zero-order valence-electron chi connectivity index (χ0n) is 16.0. The van der Waals surface area contributed by atoms with E-state index in [1.165, 1.54) is 16.7 Å². The van der Waals surface area contributed by atoms with Crippen LogP contribution >= 0.6 is 0 Å². The van der Waals surface area contributed by atoms with E-state index in [-0.39, 0.29) is 0 Å². The van der Waals surface area contributed by atoms with Crippen molar-refractivity contribution in [3.8, 4) is 5.69 Å². The maximum atomic E-state index is 4.70. The molecule has 0 aliphatic carbocycles. The maximum absolute atomic E-state index is 4.70. The Kier molecular flexibility index (Phi) is 6.63. The number of guanidine groups is 1. The van der Waals surface area contributed by atoms with E-state index < -0.39 is 0 Å². The molecule has 0 bridgehead atoms. The fraction of sp³-hybridized carbons (Fsp3) is 0.273. The van der Waals surface area contributed by atoms with Crippen molar-refractivity contribution in [2.75, 3.05) is 13.1 Å². The van der Waals surface area contributed by atoms with Gasteiger partial charge in [0.1, 0.15) is 0 Å². The van der Waals surface area contributed by atoms with Crippen LogP contribution in [0.3, 0.4) is 0 Å². The second-order valence-electron chi connectivity index (χ2n) is 6.43. The van der Waals surface area contributed by atoms with E-state index in [1.54, 1.807) is 0 Å². The molecule has 5 nitrogen and oxygen atoms in total. The van der Waals surface area contributed by atoms with Crippen LogP contribution in [0.15, 0.2) is 72.0 Å².